The Balaban J connectivity index is 0.000000143. The molecule has 272 valence electrons. The quantitative estimate of drug-likeness (QED) is 0.169. The Morgan fingerprint density at radius 1 is 0.526 bits per heavy atom. The van der Waals surface area contributed by atoms with E-state index in [1.54, 1.807) is 11.3 Å². The first-order valence-electron chi connectivity index (χ1n) is 18.6. The van der Waals surface area contributed by atoms with E-state index in [2.05, 4.69) is 19.1 Å². The van der Waals surface area contributed by atoms with E-state index in [9.17, 15) is 0 Å². The number of hydrogen-bond acceptors (Lipinski definition) is 8. The van der Waals surface area contributed by atoms with Crippen LogP contribution in [0.3, 0.4) is 0 Å². The fourth-order valence-corrected chi connectivity index (χ4v) is 8.51. The number of furan rings is 2. The molecular formula is C49H33N5O2S. The minimum atomic E-state index is 0.450. The average molecular weight is 756 g/mol. The van der Waals surface area contributed by atoms with Gasteiger partial charge in [0.05, 0.1) is 16.3 Å². The SMILES string of the molecule is Cc1cccc2oc3cccc(-c4nc(-c5ccccc5)nc(-c5ccccc5)n4)c3c12.N=C(c1ccc2oc3ccccc3c2c1)c1sc2ccccc2c1N. The Bertz CT molecular complexity index is 3240. The van der Waals surface area contributed by atoms with E-state index in [4.69, 9.17) is 34.9 Å². The second-order valence-corrected chi connectivity index (χ2v) is 14.8. The standard InChI is InChI=1S/C28H19N3O.C21H14N2OS/c1-18-10-8-16-22-24(18)25-21(15-9-17-23(25)32-22)28-30-26(19-11-4-2-5-12-19)29-27(31-28)20-13-6-3-7-14-20;22-19(21-20(23)14-6-2-4-8-18(14)25-21)12-9-10-17-15(11-12)13-5-1-3-7-16(13)24-17/h2-17H,1H3;1-11,22H,23H2. The Morgan fingerprint density at radius 2 is 1.09 bits per heavy atom. The summed E-state index contributed by atoms with van der Waals surface area (Å²) >= 11 is 1.56. The number of nitrogens with two attached hydrogens (primary N) is 1. The zero-order chi connectivity index (χ0) is 38.5. The van der Waals surface area contributed by atoms with Gasteiger partial charge in [-0.05, 0) is 55.0 Å². The van der Waals surface area contributed by atoms with Crippen LogP contribution in [-0.4, -0.2) is 20.7 Å². The maximum Gasteiger partial charge on any atom is 0.164 e. The number of nitrogen functional groups attached to an aromatic ring is 1. The molecule has 0 atom stereocenters. The van der Waals surface area contributed by atoms with E-state index >= 15 is 0 Å². The summed E-state index contributed by atoms with van der Waals surface area (Å²) in [5.41, 5.74) is 15.7. The number of fused-ring (bicyclic) bond motifs is 7. The van der Waals surface area contributed by atoms with Crippen LogP contribution in [0.5, 0.6) is 0 Å². The van der Waals surface area contributed by atoms with Crippen LogP contribution < -0.4 is 5.73 Å². The van der Waals surface area contributed by atoms with E-state index in [-0.39, 0.29) is 0 Å². The van der Waals surface area contributed by atoms with Gasteiger partial charge in [0.25, 0.3) is 0 Å². The number of aryl methyl sites for hydroxylation is 1. The Labute approximate surface area is 331 Å². The van der Waals surface area contributed by atoms with Gasteiger partial charge in [0.1, 0.15) is 22.3 Å². The zero-order valence-electron chi connectivity index (χ0n) is 30.7. The van der Waals surface area contributed by atoms with Gasteiger partial charge in [-0.25, -0.2) is 15.0 Å². The molecule has 0 aliphatic rings. The summed E-state index contributed by atoms with van der Waals surface area (Å²) in [6.07, 6.45) is 0. The number of aromatic nitrogens is 3. The van der Waals surface area contributed by atoms with E-state index in [1.807, 2.05) is 152 Å². The zero-order valence-corrected chi connectivity index (χ0v) is 31.5. The number of hydrogen-bond donors (Lipinski definition) is 2. The molecule has 0 amide bonds. The lowest BCUT2D eigenvalue weighted by atomic mass is 10.0. The van der Waals surface area contributed by atoms with Crippen LogP contribution in [0.2, 0.25) is 0 Å². The minimum Gasteiger partial charge on any atom is -0.456 e. The molecule has 0 aliphatic heterocycles. The fourth-order valence-electron chi connectivity index (χ4n) is 7.42. The lowest BCUT2D eigenvalue weighted by Gasteiger charge is -2.09. The first kappa shape index (κ1) is 34.1. The van der Waals surface area contributed by atoms with Gasteiger partial charge in [-0.15, -0.1) is 11.3 Å². The summed E-state index contributed by atoms with van der Waals surface area (Å²) in [4.78, 5) is 15.4. The number of nitrogens with zero attached hydrogens (tertiary/aromatic N) is 3. The lowest BCUT2D eigenvalue weighted by molar-refractivity contribution is 0.668. The molecule has 4 aromatic heterocycles. The van der Waals surface area contributed by atoms with Gasteiger partial charge in [0.15, 0.2) is 17.5 Å². The molecule has 3 N–H and O–H groups in total. The Kier molecular flexibility index (Phi) is 8.38. The molecule has 11 rings (SSSR count). The maximum absolute atomic E-state index is 8.68. The van der Waals surface area contributed by atoms with Gasteiger partial charge >= 0.3 is 0 Å². The minimum absolute atomic E-state index is 0.450. The number of anilines is 1. The summed E-state index contributed by atoms with van der Waals surface area (Å²) < 4.78 is 13.1. The summed E-state index contributed by atoms with van der Waals surface area (Å²) in [5, 5.41) is 13.9. The van der Waals surface area contributed by atoms with Crippen LogP contribution in [0, 0.1) is 12.3 Å². The van der Waals surface area contributed by atoms with E-state index in [0.29, 0.717) is 28.9 Å². The van der Waals surface area contributed by atoms with Crippen molar-refractivity contribution < 1.29 is 8.83 Å². The lowest BCUT2D eigenvalue weighted by Crippen LogP contribution is -2.01. The summed E-state index contributed by atoms with van der Waals surface area (Å²) in [6.45, 7) is 2.10. The van der Waals surface area contributed by atoms with Crippen molar-refractivity contribution in [2.75, 3.05) is 5.73 Å². The predicted octanol–water partition coefficient (Wildman–Crippen LogP) is 12.9. The third-order valence-corrected chi connectivity index (χ3v) is 11.4. The van der Waals surface area contributed by atoms with Gasteiger partial charge in [0, 0.05) is 53.9 Å². The Hall–Kier alpha value is -7.42. The van der Waals surface area contributed by atoms with Gasteiger partial charge < -0.3 is 14.6 Å². The maximum atomic E-state index is 8.68. The summed E-state index contributed by atoms with van der Waals surface area (Å²) in [6, 6.07) is 54.1. The van der Waals surface area contributed by atoms with Crippen molar-refractivity contribution >= 4 is 76.7 Å². The van der Waals surface area contributed by atoms with Gasteiger partial charge in [-0.3, -0.25) is 5.41 Å². The van der Waals surface area contributed by atoms with Gasteiger partial charge in [-0.2, -0.15) is 0 Å². The van der Waals surface area contributed by atoms with Crippen molar-refractivity contribution in [3.63, 3.8) is 0 Å². The van der Waals surface area contributed by atoms with E-state index < -0.39 is 0 Å². The van der Waals surface area contributed by atoms with Crippen LogP contribution in [-0.2, 0) is 0 Å². The molecule has 0 bridgehead atoms. The van der Waals surface area contributed by atoms with E-state index in [1.165, 1.54) is 0 Å². The summed E-state index contributed by atoms with van der Waals surface area (Å²) in [7, 11) is 0. The number of para-hydroxylation sites is 1. The second kappa shape index (κ2) is 14.0. The molecule has 11 aromatic rings. The van der Waals surface area contributed by atoms with Crippen molar-refractivity contribution in [1.29, 1.82) is 5.41 Å². The molecule has 0 fully saturated rings. The highest BCUT2D eigenvalue weighted by molar-refractivity contribution is 7.21. The molecule has 0 saturated carbocycles. The third-order valence-electron chi connectivity index (χ3n) is 10.2. The highest BCUT2D eigenvalue weighted by atomic mass is 32.1. The smallest absolute Gasteiger partial charge is 0.164 e. The fraction of sp³-hybridized carbons (Fsp3) is 0.0204. The highest BCUT2D eigenvalue weighted by Gasteiger charge is 2.19. The molecule has 7 nitrogen and oxygen atoms in total. The first-order valence-corrected chi connectivity index (χ1v) is 19.4. The highest BCUT2D eigenvalue weighted by Crippen LogP contribution is 2.39. The second-order valence-electron chi connectivity index (χ2n) is 13.8. The monoisotopic (exact) mass is 755 g/mol. The molecule has 7 aromatic carbocycles. The van der Waals surface area contributed by atoms with Crippen LogP contribution in [0.4, 0.5) is 5.69 Å². The van der Waals surface area contributed by atoms with Crippen molar-refractivity contribution in [3.8, 4) is 34.2 Å². The van der Waals surface area contributed by atoms with Crippen LogP contribution in [0.25, 0.3) is 88.1 Å². The summed E-state index contributed by atoms with van der Waals surface area (Å²) in [5.74, 6) is 1.93. The molecule has 57 heavy (non-hydrogen) atoms. The van der Waals surface area contributed by atoms with Gasteiger partial charge in [-0.1, -0.05) is 121 Å². The van der Waals surface area contributed by atoms with Crippen molar-refractivity contribution in [2.24, 2.45) is 0 Å². The molecule has 0 aliphatic carbocycles. The largest absolute Gasteiger partial charge is 0.456 e. The van der Waals surface area contributed by atoms with Crippen LogP contribution in [0.1, 0.15) is 16.0 Å². The molecule has 0 spiro atoms. The molecule has 4 heterocycles. The van der Waals surface area contributed by atoms with Crippen LogP contribution in [0.15, 0.2) is 173 Å². The molecule has 0 radical (unpaired) electrons. The third kappa shape index (κ3) is 6.09. The van der Waals surface area contributed by atoms with Crippen molar-refractivity contribution in [3.05, 3.63) is 180 Å². The number of rotatable bonds is 5. The van der Waals surface area contributed by atoms with E-state index in [0.717, 1.165) is 86.7 Å². The van der Waals surface area contributed by atoms with Crippen molar-refractivity contribution in [2.45, 2.75) is 6.92 Å². The van der Waals surface area contributed by atoms with Gasteiger partial charge in [0.2, 0.25) is 0 Å². The van der Waals surface area contributed by atoms with Crippen LogP contribution >= 0.6 is 11.3 Å². The predicted molar refractivity (Wildman–Crippen MR) is 234 cm³/mol. The molecule has 0 unspecified atom stereocenters. The molecular weight excluding hydrogens is 723 g/mol. The molecule has 0 saturated heterocycles. The topological polar surface area (TPSA) is 115 Å². The Morgan fingerprint density at radius 3 is 1.81 bits per heavy atom. The normalized spacial score (nSPS) is 11.4. The number of thiophene rings is 1. The molecule has 8 heteroatoms. The number of benzene rings is 7. The number of nitrogens with one attached hydrogen (secondary N) is 1. The van der Waals surface area contributed by atoms with Crippen molar-refractivity contribution in [1.82, 2.24) is 15.0 Å². The average Bonchev–Trinajstić information content (AvgIpc) is 3.95. The first-order chi connectivity index (χ1) is 28.0.